The molecule has 0 aromatic rings. The molecule has 0 aromatic carbocycles. The van der Waals surface area contributed by atoms with E-state index in [0.29, 0.717) is 19.6 Å². The average Bonchev–Trinajstić information content (AvgIpc) is 2.54. The lowest BCUT2D eigenvalue weighted by atomic mass is 9.93. The molecule has 1 fully saturated rings. The monoisotopic (exact) mass is 242 g/mol. The highest BCUT2D eigenvalue weighted by molar-refractivity contribution is 5.75. The maximum Gasteiger partial charge on any atom is 0.219 e. The van der Waals surface area contributed by atoms with Crippen LogP contribution < -0.4 is 11.1 Å². The summed E-state index contributed by atoms with van der Waals surface area (Å²) in [6, 6.07) is 0. The summed E-state index contributed by atoms with van der Waals surface area (Å²) in [6.07, 6.45) is 8.50. The van der Waals surface area contributed by atoms with Gasteiger partial charge in [-0.15, -0.1) is 0 Å². The third-order valence-corrected chi connectivity index (χ3v) is 3.46. The lowest BCUT2D eigenvalue weighted by molar-refractivity contribution is -0.120. The topological polar surface area (TPSA) is 64.3 Å². The molecule has 1 aliphatic carbocycles. The molecule has 0 heterocycles. The van der Waals surface area contributed by atoms with Crippen molar-refractivity contribution in [1.29, 1.82) is 0 Å². The van der Waals surface area contributed by atoms with E-state index < -0.39 is 0 Å². The summed E-state index contributed by atoms with van der Waals surface area (Å²) in [5.74, 6) is 0.0746. The third kappa shape index (κ3) is 6.03. The number of nitrogens with two attached hydrogens (primary N) is 1. The predicted octanol–water partition coefficient (Wildman–Crippen LogP) is 1.58. The molecule has 1 rings (SSSR count). The Labute approximate surface area is 104 Å². The average molecular weight is 242 g/mol. The van der Waals surface area contributed by atoms with Crippen LogP contribution in [0.1, 0.15) is 51.4 Å². The molecule has 17 heavy (non-hydrogen) atoms. The van der Waals surface area contributed by atoms with Gasteiger partial charge in [-0.1, -0.05) is 25.7 Å². The van der Waals surface area contributed by atoms with E-state index in [-0.39, 0.29) is 11.4 Å². The van der Waals surface area contributed by atoms with Crippen LogP contribution in [0.3, 0.4) is 0 Å². The fourth-order valence-corrected chi connectivity index (χ4v) is 2.31. The van der Waals surface area contributed by atoms with Gasteiger partial charge in [0, 0.05) is 25.6 Å². The molecule has 0 spiro atoms. The van der Waals surface area contributed by atoms with Crippen LogP contribution in [-0.4, -0.2) is 31.7 Å². The van der Waals surface area contributed by atoms with Crippen molar-refractivity contribution in [3.63, 3.8) is 0 Å². The number of hydrogen-bond donors (Lipinski definition) is 2. The minimum atomic E-state index is -0.122. The maximum absolute atomic E-state index is 11.0. The van der Waals surface area contributed by atoms with Crippen molar-refractivity contribution in [3.8, 4) is 0 Å². The first kappa shape index (κ1) is 14.5. The van der Waals surface area contributed by atoms with E-state index in [1.807, 2.05) is 0 Å². The molecule has 0 atom stereocenters. The first-order valence-electron chi connectivity index (χ1n) is 6.73. The van der Waals surface area contributed by atoms with E-state index in [2.05, 4.69) is 5.32 Å². The molecule has 4 nitrogen and oxygen atoms in total. The zero-order valence-corrected chi connectivity index (χ0v) is 11.0. The number of nitrogens with one attached hydrogen (secondary N) is 1. The predicted molar refractivity (Wildman–Crippen MR) is 68.7 cm³/mol. The van der Waals surface area contributed by atoms with Crippen molar-refractivity contribution in [3.05, 3.63) is 0 Å². The molecule has 4 heteroatoms. The maximum atomic E-state index is 11.0. The summed E-state index contributed by atoms with van der Waals surface area (Å²) >= 11 is 0. The molecule has 0 bridgehead atoms. The fourth-order valence-electron chi connectivity index (χ4n) is 2.31. The van der Waals surface area contributed by atoms with Crippen LogP contribution in [0.5, 0.6) is 0 Å². The lowest BCUT2D eigenvalue weighted by Gasteiger charge is -2.27. The number of ether oxygens (including phenoxy) is 1. The summed E-state index contributed by atoms with van der Waals surface area (Å²) in [4.78, 5) is 11.0. The van der Waals surface area contributed by atoms with Crippen LogP contribution in [0.15, 0.2) is 0 Å². The Bertz CT molecular complexity index is 223. The normalized spacial score (nSPS) is 19.6. The SMILES string of the molecule is CNC(=O)CCCOCC1(N)CCCCCC1. The molecule has 1 amide bonds. The van der Waals surface area contributed by atoms with Gasteiger partial charge >= 0.3 is 0 Å². The second-order valence-electron chi connectivity index (χ2n) is 5.11. The van der Waals surface area contributed by atoms with E-state index in [1.165, 1.54) is 25.7 Å². The Morgan fingerprint density at radius 2 is 1.94 bits per heavy atom. The van der Waals surface area contributed by atoms with Gasteiger partial charge in [0.2, 0.25) is 5.91 Å². The van der Waals surface area contributed by atoms with Crippen LogP contribution in [0.25, 0.3) is 0 Å². The molecule has 3 N–H and O–H groups in total. The number of hydrogen-bond acceptors (Lipinski definition) is 3. The van der Waals surface area contributed by atoms with Gasteiger partial charge < -0.3 is 15.8 Å². The van der Waals surface area contributed by atoms with E-state index in [1.54, 1.807) is 7.05 Å². The van der Waals surface area contributed by atoms with Crippen LogP contribution in [0, 0.1) is 0 Å². The first-order chi connectivity index (χ1) is 8.16. The molecule has 0 aliphatic heterocycles. The Hall–Kier alpha value is -0.610. The molecule has 1 saturated carbocycles. The van der Waals surface area contributed by atoms with Crippen molar-refractivity contribution in [2.45, 2.75) is 56.9 Å². The molecule has 0 radical (unpaired) electrons. The second-order valence-corrected chi connectivity index (χ2v) is 5.11. The summed E-state index contributed by atoms with van der Waals surface area (Å²) < 4.78 is 5.62. The number of carbonyl (C=O) groups excluding carboxylic acids is 1. The minimum absolute atomic E-state index is 0.0746. The van der Waals surface area contributed by atoms with E-state index in [4.69, 9.17) is 10.5 Å². The van der Waals surface area contributed by atoms with Crippen LogP contribution in [0.2, 0.25) is 0 Å². The highest BCUT2D eigenvalue weighted by Crippen LogP contribution is 2.25. The molecular weight excluding hydrogens is 216 g/mol. The lowest BCUT2D eigenvalue weighted by Crippen LogP contribution is -2.44. The highest BCUT2D eigenvalue weighted by atomic mass is 16.5. The highest BCUT2D eigenvalue weighted by Gasteiger charge is 2.26. The van der Waals surface area contributed by atoms with E-state index >= 15 is 0 Å². The third-order valence-electron chi connectivity index (χ3n) is 3.46. The first-order valence-corrected chi connectivity index (χ1v) is 6.73. The van der Waals surface area contributed by atoms with E-state index in [9.17, 15) is 4.79 Å². The standard InChI is InChI=1S/C13H26N2O2/c1-15-12(16)7-6-10-17-11-13(14)8-4-2-3-5-9-13/h2-11,14H2,1H3,(H,15,16). The minimum Gasteiger partial charge on any atom is -0.380 e. The smallest absolute Gasteiger partial charge is 0.219 e. The quantitative estimate of drug-likeness (QED) is 0.549. The fraction of sp³-hybridized carbons (Fsp3) is 0.923. The Balaban J connectivity index is 2.10. The molecule has 0 unspecified atom stereocenters. The molecule has 100 valence electrons. The van der Waals surface area contributed by atoms with Crippen molar-refractivity contribution >= 4 is 5.91 Å². The summed E-state index contributed by atoms with van der Waals surface area (Å²) in [7, 11) is 1.66. The number of carbonyl (C=O) groups is 1. The molecular formula is C13H26N2O2. The van der Waals surface area contributed by atoms with Gasteiger partial charge in [-0.2, -0.15) is 0 Å². The van der Waals surface area contributed by atoms with Crippen molar-refractivity contribution in [2.24, 2.45) is 5.73 Å². The zero-order valence-electron chi connectivity index (χ0n) is 11.0. The van der Waals surface area contributed by atoms with Crippen molar-refractivity contribution in [1.82, 2.24) is 5.32 Å². The summed E-state index contributed by atoms with van der Waals surface area (Å²) in [5, 5.41) is 2.60. The van der Waals surface area contributed by atoms with Crippen LogP contribution in [0.4, 0.5) is 0 Å². The van der Waals surface area contributed by atoms with Crippen LogP contribution in [-0.2, 0) is 9.53 Å². The number of rotatable bonds is 6. The molecule has 0 saturated heterocycles. The van der Waals surface area contributed by atoms with Gasteiger partial charge in [0.05, 0.1) is 6.61 Å². The van der Waals surface area contributed by atoms with Gasteiger partial charge in [0.25, 0.3) is 0 Å². The van der Waals surface area contributed by atoms with Gasteiger partial charge in [-0.3, -0.25) is 4.79 Å². The van der Waals surface area contributed by atoms with Crippen molar-refractivity contribution < 1.29 is 9.53 Å². The van der Waals surface area contributed by atoms with E-state index in [0.717, 1.165) is 19.3 Å². The zero-order chi connectivity index (χ0) is 12.6. The molecule has 1 aliphatic rings. The summed E-state index contributed by atoms with van der Waals surface area (Å²) in [6.45, 7) is 1.27. The number of amides is 1. The Kier molecular flexibility index (Phi) is 6.52. The van der Waals surface area contributed by atoms with Gasteiger partial charge in [0.15, 0.2) is 0 Å². The van der Waals surface area contributed by atoms with Crippen molar-refractivity contribution in [2.75, 3.05) is 20.3 Å². The summed E-state index contributed by atoms with van der Waals surface area (Å²) in [5.41, 5.74) is 6.20. The van der Waals surface area contributed by atoms with Crippen LogP contribution >= 0.6 is 0 Å². The molecule has 0 aromatic heterocycles. The second kappa shape index (κ2) is 7.67. The Morgan fingerprint density at radius 1 is 1.29 bits per heavy atom. The van der Waals surface area contributed by atoms with Gasteiger partial charge in [-0.05, 0) is 19.3 Å². The Morgan fingerprint density at radius 3 is 2.53 bits per heavy atom. The largest absolute Gasteiger partial charge is 0.380 e. The van der Waals surface area contributed by atoms with Gasteiger partial charge in [-0.25, -0.2) is 0 Å². The van der Waals surface area contributed by atoms with Gasteiger partial charge in [0.1, 0.15) is 0 Å².